The average molecular weight is 267 g/mol. The molecule has 0 aliphatic heterocycles. The minimum absolute atomic E-state index is 0.444. The Hall–Kier alpha value is -2.85. The first-order valence-electron chi connectivity index (χ1n) is 7.07. The molecule has 0 heterocycles. The number of fused-ring (bicyclic) bond motifs is 5. The van der Waals surface area contributed by atoms with Crippen LogP contribution in [0.15, 0.2) is 66.7 Å². The van der Waals surface area contributed by atoms with Gasteiger partial charge in [-0.15, -0.1) is 0 Å². The second kappa shape index (κ2) is 4.61. The molecule has 0 fully saturated rings. The third-order valence-corrected chi connectivity index (χ3v) is 4.10. The van der Waals surface area contributed by atoms with Crippen molar-refractivity contribution in [3.63, 3.8) is 0 Å². The molecule has 0 spiro atoms. The van der Waals surface area contributed by atoms with E-state index in [0.717, 1.165) is 5.56 Å². The summed E-state index contributed by atoms with van der Waals surface area (Å²) < 4.78 is 0. The summed E-state index contributed by atoms with van der Waals surface area (Å²) in [4.78, 5) is 0. The van der Waals surface area contributed by atoms with Crippen molar-refractivity contribution in [3.05, 3.63) is 72.3 Å². The summed E-state index contributed by atoms with van der Waals surface area (Å²) in [5, 5.41) is 16.5. The average Bonchev–Trinajstić information content (AvgIpc) is 2.54. The number of nitriles is 1. The Kier molecular flexibility index (Phi) is 2.62. The highest BCUT2D eigenvalue weighted by atomic mass is 14.2. The van der Waals surface area contributed by atoms with E-state index >= 15 is 0 Å². The van der Waals surface area contributed by atoms with Crippen molar-refractivity contribution in [3.8, 4) is 6.07 Å². The Morgan fingerprint density at radius 3 is 2.14 bits per heavy atom. The third-order valence-electron chi connectivity index (χ3n) is 4.10. The van der Waals surface area contributed by atoms with Gasteiger partial charge < -0.3 is 0 Å². The van der Waals surface area contributed by atoms with E-state index in [1.165, 1.54) is 32.3 Å². The highest BCUT2D eigenvalue weighted by Crippen LogP contribution is 2.34. The third kappa shape index (κ3) is 1.77. The van der Waals surface area contributed by atoms with Crippen molar-refractivity contribution < 1.29 is 0 Å². The van der Waals surface area contributed by atoms with Crippen LogP contribution in [0, 0.1) is 11.3 Å². The second-order valence-electron chi connectivity index (χ2n) is 5.30. The maximum atomic E-state index is 9.11. The maximum Gasteiger partial charge on any atom is 0.0669 e. The Labute approximate surface area is 123 Å². The molecule has 0 saturated carbocycles. The van der Waals surface area contributed by atoms with Gasteiger partial charge in [0.1, 0.15) is 0 Å². The predicted molar refractivity (Wildman–Crippen MR) is 88.3 cm³/mol. The van der Waals surface area contributed by atoms with Crippen LogP contribution in [0.1, 0.15) is 5.56 Å². The lowest BCUT2D eigenvalue weighted by molar-refractivity contribution is 1.29. The lowest BCUT2D eigenvalue weighted by Gasteiger charge is -2.11. The smallest absolute Gasteiger partial charge is 0.0669 e. The molecule has 0 atom stereocenters. The molecule has 0 N–H and O–H groups in total. The molecule has 4 aromatic rings. The zero-order valence-electron chi connectivity index (χ0n) is 11.5. The van der Waals surface area contributed by atoms with Crippen molar-refractivity contribution in [1.29, 1.82) is 5.26 Å². The molecule has 0 amide bonds. The van der Waals surface area contributed by atoms with Crippen molar-refractivity contribution in [2.24, 2.45) is 0 Å². The van der Waals surface area contributed by atoms with Gasteiger partial charge in [0.2, 0.25) is 0 Å². The molecule has 0 bridgehead atoms. The van der Waals surface area contributed by atoms with Gasteiger partial charge in [-0.25, -0.2) is 0 Å². The fourth-order valence-corrected chi connectivity index (χ4v) is 3.18. The SMILES string of the molecule is N#CCc1cc2ccccc2c2c1ccc1ccccc12. The van der Waals surface area contributed by atoms with Crippen LogP contribution in [0.25, 0.3) is 32.3 Å². The molecule has 1 nitrogen and oxygen atoms in total. The monoisotopic (exact) mass is 267 g/mol. The highest BCUT2D eigenvalue weighted by Gasteiger charge is 2.09. The molecular weight excluding hydrogens is 254 g/mol. The predicted octanol–water partition coefficient (Wildman–Crippen LogP) is 5.21. The fraction of sp³-hybridized carbons (Fsp3) is 0.0500. The fourth-order valence-electron chi connectivity index (χ4n) is 3.18. The Balaban J connectivity index is 2.32. The van der Waals surface area contributed by atoms with Gasteiger partial charge in [0.25, 0.3) is 0 Å². The van der Waals surface area contributed by atoms with Crippen LogP contribution in [-0.4, -0.2) is 0 Å². The van der Waals surface area contributed by atoms with Crippen LogP contribution < -0.4 is 0 Å². The first kappa shape index (κ1) is 11.9. The Bertz CT molecular complexity index is 1010. The van der Waals surface area contributed by atoms with E-state index in [0.29, 0.717) is 6.42 Å². The van der Waals surface area contributed by atoms with E-state index in [2.05, 4.69) is 72.8 Å². The van der Waals surface area contributed by atoms with E-state index in [9.17, 15) is 0 Å². The lowest BCUT2D eigenvalue weighted by atomic mass is 9.92. The first-order chi connectivity index (χ1) is 10.4. The van der Waals surface area contributed by atoms with Gasteiger partial charge in [0.15, 0.2) is 0 Å². The van der Waals surface area contributed by atoms with Gasteiger partial charge in [-0.3, -0.25) is 0 Å². The normalized spacial score (nSPS) is 11.0. The highest BCUT2D eigenvalue weighted by molar-refractivity contribution is 6.21. The number of hydrogen-bond acceptors (Lipinski definition) is 1. The summed E-state index contributed by atoms with van der Waals surface area (Å²) in [6, 6.07) is 25.6. The van der Waals surface area contributed by atoms with Crippen molar-refractivity contribution >= 4 is 32.3 Å². The number of nitrogens with zero attached hydrogens (tertiary/aromatic N) is 1. The van der Waals surface area contributed by atoms with Crippen LogP contribution in [0.5, 0.6) is 0 Å². The maximum absolute atomic E-state index is 9.11. The van der Waals surface area contributed by atoms with Crippen LogP contribution in [0.3, 0.4) is 0 Å². The van der Waals surface area contributed by atoms with Crippen LogP contribution >= 0.6 is 0 Å². The summed E-state index contributed by atoms with van der Waals surface area (Å²) in [6.07, 6.45) is 0.444. The lowest BCUT2D eigenvalue weighted by Crippen LogP contribution is -1.88. The summed E-state index contributed by atoms with van der Waals surface area (Å²) >= 11 is 0. The topological polar surface area (TPSA) is 23.8 Å². The molecule has 4 aromatic carbocycles. The van der Waals surface area contributed by atoms with E-state index in [1.807, 2.05) is 0 Å². The zero-order valence-corrected chi connectivity index (χ0v) is 11.5. The molecule has 0 aliphatic rings. The molecular formula is C20H13N. The minimum atomic E-state index is 0.444. The number of rotatable bonds is 1. The van der Waals surface area contributed by atoms with Crippen molar-refractivity contribution in [2.45, 2.75) is 6.42 Å². The summed E-state index contributed by atoms with van der Waals surface area (Å²) in [7, 11) is 0. The second-order valence-corrected chi connectivity index (χ2v) is 5.30. The summed E-state index contributed by atoms with van der Waals surface area (Å²) in [5.74, 6) is 0. The van der Waals surface area contributed by atoms with E-state index in [1.54, 1.807) is 0 Å². The first-order valence-corrected chi connectivity index (χ1v) is 7.07. The molecule has 1 heteroatoms. The van der Waals surface area contributed by atoms with Gasteiger partial charge in [-0.2, -0.15) is 5.26 Å². The van der Waals surface area contributed by atoms with Gasteiger partial charge >= 0.3 is 0 Å². The molecule has 98 valence electrons. The quantitative estimate of drug-likeness (QED) is 0.434. The van der Waals surface area contributed by atoms with Gasteiger partial charge in [-0.05, 0) is 43.9 Å². The van der Waals surface area contributed by atoms with E-state index < -0.39 is 0 Å². The van der Waals surface area contributed by atoms with Crippen LogP contribution in [0.4, 0.5) is 0 Å². The van der Waals surface area contributed by atoms with Crippen LogP contribution in [-0.2, 0) is 6.42 Å². The molecule has 0 aromatic heterocycles. The summed E-state index contributed by atoms with van der Waals surface area (Å²) in [6.45, 7) is 0. The van der Waals surface area contributed by atoms with Crippen molar-refractivity contribution in [1.82, 2.24) is 0 Å². The molecule has 0 aliphatic carbocycles. The van der Waals surface area contributed by atoms with Gasteiger partial charge in [-0.1, -0.05) is 60.7 Å². The van der Waals surface area contributed by atoms with E-state index in [-0.39, 0.29) is 0 Å². The molecule has 0 unspecified atom stereocenters. The van der Waals surface area contributed by atoms with Crippen LogP contribution in [0.2, 0.25) is 0 Å². The summed E-state index contributed by atoms with van der Waals surface area (Å²) in [5.41, 5.74) is 1.11. The minimum Gasteiger partial charge on any atom is -0.198 e. The zero-order chi connectivity index (χ0) is 14.2. The van der Waals surface area contributed by atoms with Gasteiger partial charge in [0.05, 0.1) is 12.5 Å². The Morgan fingerprint density at radius 1 is 0.714 bits per heavy atom. The standard InChI is InChI=1S/C20H13N/c21-12-11-16-13-15-6-2-4-8-18(15)20-17-7-3-1-5-14(17)9-10-19(16)20/h1-10,13H,11H2. The van der Waals surface area contributed by atoms with E-state index in [4.69, 9.17) is 5.26 Å². The number of benzene rings is 4. The van der Waals surface area contributed by atoms with Gasteiger partial charge in [0, 0.05) is 0 Å². The van der Waals surface area contributed by atoms with Crippen molar-refractivity contribution in [2.75, 3.05) is 0 Å². The largest absolute Gasteiger partial charge is 0.198 e. The molecule has 4 rings (SSSR count). The number of hydrogen-bond donors (Lipinski definition) is 0. The molecule has 0 saturated heterocycles. The Morgan fingerprint density at radius 2 is 1.38 bits per heavy atom. The molecule has 0 radical (unpaired) electrons. The molecule has 21 heavy (non-hydrogen) atoms.